The summed E-state index contributed by atoms with van der Waals surface area (Å²) in [6, 6.07) is 2.43. The van der Waals surface area contributed by atoms with Crippen LogP contribution in [0.2, 0.25) is 0 Å². The molecule has 2 saturated heterocycles. The van der Waals surface area contributed by atoms with Crippen LogP contribution in [0.1, 0.15) is 51.9 Å². The largest absolute Gasteiger partial charge is 0.328 e. The van der Waals surface area contributed by atoms with Crippen molar-refractivity contribution in [2.45, 2.75) is 76.0 Å². The van der Waals surface area contributed by atoms with E-state index < -0.39 is 0 Å². The van der Waals surface area contributed by atoms with Crippen molar-refractivity contribution in [3.05, 3.63) is 0 Å². The van der Waals surface area contributed by atoms with Gasteiger partial charge in [0.05, 0.1) is 0 Å². The van der Waals surface area contributed by atoms with Gasteiger partial charge in [-0.3, -0.25) is 4.90 Å². The molecule has 0 aromatic rings. The number of terminal acetylenes is 1. The van der Waals surface area contributed by atoms with Crippen LogP contribution in [0, 0.1) is 12.3 Å². The first-order valence-corrected chi connectivity index (χ1v) is 6.72. The fourth-order valence-corrected chi connectivity index (χ4v) is 3.65. The number of rotatable bonds is 3. The van der Waals surface area contributed by atoms with E-state index in [1.807, 2.05) is 0 Å². The lowest BCUT2D eigenvalue weighted by molar-refractivity contribution is -0.00509. The molecule has 2 fully saturated rings. The predicted molar refractivity (Wildman–Crippen MR) is 68.0 cm³/mol. The summed E-state index contributed by atoms with van der Waals surface area (Å²) in [5.41, 5.74) is 6.14. The molecule has 2 aliphatic rings. The van der Waals surface area contributed by atoms with E-state index in [-0.39, 0.29) is 0 Å². The normalized spacial score (nSPS) is 36.7. The zero-order valence-corrected chi connectivity index (χ0v) is 10.4. The lowest BCUT2D eigenvalue weighted by atomic mass is 9.80. The molecule has 3 atom stereocenters. The molecule has 2 heteroatoms. The van der Waals surface area contributed by atoms with Crippen LogP contribution in [0.25, 0.3) is 0 Å². The summed E-state index contributed by atoms with van der Waals surface area (Å²) in [7, 11) is 0. The van der Waals surface area contributed by atoms with Gasteiger partial charge in [-0.1, -0.05) is 13.3 Å². The summed E-state index contributed by atoms with van der Waals surface area (Å²) >= 11 is 0. The average molecular weight is 220 g/mol. The van der Waals surface area contributed by atoms with Crippen LogP contribution in [0.4, 0.5) is 0 Å². The molecule has 0 amide bonds. The molecule has 90 valence electrons. The molecule has 0 radical (unpaired) electrons. The van der Waals surface area contributed by atoms with Crippen molar-refractivity contribution < 1.29 is 0 Å². The average Bonchev–Trinajstić information content (AvgIpc) is 2.25. The molecule has 0 aromatic carbocycles. The van der Waals surface area contributed by atoms with E-state index >= 15 is 0 Å². The summed E-state index contributed by atoms with van der Waals surface area (Å²) < 4.78 is 0. The number of hydrogen-bond donors (Lipinski definition) is 1. The highest BCUT2D eigenvalue weighted by Gasteiger charge is 2.39. The number of nitrogens with zero attached hydrogens (tertiary/aromatic N) is 1. The van der Waals surface area contributed by atoms with Crippen LogP contribution < -0.4 is 5.73 Å². The fourth-order valence-electron chi connectivity index (χ4n) is 3.65. The first kappa shape index (κ1) is 12.0. The number of hydrogen-bond acceptors (Lipinski definition) is 2. The highest BCUT2D eigenvalue weighted by Crippen LogP contribution is 2.36. The summed E-state index contributed by atoms with van der Waals surface area (Å²) in [6.07, 6.45) is 13.9. The second-order valence-electron chi connectivity index (χ2n) is 5.39. The second kappa shape index (κ2) is 5.21. The minimum atomic E-state index is 0.426. The minimum Gasteiger partial charge on any atom is -0.328 e. The van der Waals surface area contributed by atoms with E-state index in [1.165, 1.54) is 38.5 Å². The smallest absolute Gasteiger partial charge is 0.0243 e. The van der Waals surface area contributed by atoms with Crippen LogP contribution in [-0.4, -0.2) is 29.1 Å². The fraction of sp³-hybridized carbons (Fsp3) is 0.857. The summed E-state index contributed by atoms with van der Waals surface area (Å²) in [5.74, 6) is 2.84. The minimum absolute atomic E-state index is 0.426. The Morgan fingerprint density at radius 3 is 2.50 bits per heavy atom. The topological polar surface area (TPSA) is 29.3 Å². The Bertz CT molecular complexity index is 254. The van der Waals surface area contributed by atoms with E-state index in [2.05, 4.69) is 17.7 Å². The maximum absolute atomic E-state index is 6.14. The van der Waals surface area contributed by atoms with Gasteiger partial charge in [0, 0.05) is 30.6 Å². The Kier molecular flexibility index (Phi) is 3.89. The van der Waals surface area contributed by atoms with Gasteiger partial charge in [0.1, 0.15) is 0 Å². The van der Waals surface area contributed by atoms with E-state index in [1.54, 1.807) is 0 Å². The third-order valence-electron chi connectivity index (χ3n) is 4.31. The maximum Gasteiger partial charge on any atom is 0.0243 e. The highest BCUT2D eigenvalue weighted by molar-refractivity contribution is 5.00. The quantitative estimate of drug-likeness (QED) is 0.738. The first-order chi connectivity index (χ1) is 7.76. The Morgan fingerprint density at radius 1 is 1.38 bits per heavy atom. The summed E-state index contributed by atoms with van der Waals surface area (Å²) in [4.78, 5) is 2.72. The molecule has 3 unspecified atom stereocenters. The molecule has 0 spiro atoms. The van der Waals surface area contributed by atoms with Crippen molar-refractivity contribution in [1.82, 2.24) is 4.90 Å². The van der Waals surface area contributed by atoms with Gasteiger partial charge in [0.15, 0.2) is 0 Å². The Balaban J connectivity index is 2.10. The van der Waals surface area contributed by atoms with Crippen molar-refractivity contribution in [3.8, 4) is 12.3 Å². The van der Waals surface area contributed by atoms with Gasteiger partial charge in [-0.05, 0) is 32.1 Å². The van der Waals surface area contributed by atoms with E-state index in [9.17, 15) is 0 Å². The monoisotopic (exact) mass is 220 g/mol. The number of fused-ring (bicyclic) bond motifs is 2. The lowest BCUT2D eigenvalue weighted by Crippen LogP contribution is -2.58. The van der Waals surface area contributed by atoms with Gasteiger partial charge >= 0.3 is 0 Å². The van der Waals surface area contributed by atoms with Crippen molar-refractivity contribution in [2.24, 2.45) is 5.73 Å². The van der Waals surface area contributed by atoms with Crippen molar-refractivity contribution in [1.29, 1.82) is 0 Å². The first-order valence-electron chi connectivity index (χ1n) is 6.72. The second-order valence-corrected chi connectivity index (χ2v) is 5.39. The van der Waals surface area contributed by atoms with Crippen molar-refractivity contribution >= 4 is 0 Å². The van der Waals surface area contributed by atoms with E-state index in [0.717, 1.165) is 6.42 Å². The third-order valence-corrected chi connectivity index (χ3v) is 4.31. The van der Waals surface area contributed by atoms with Crippen LogP contribution in [0.3, 0.4) is 0 Å². The van der Waals surface area contributed by atoms with E-state index in [0.29, 0.717) is 24.2 Å². The molecule has 2 nitrogen and oxygen atoms in total. The highest BCUT2D eigenvalue weighted by atomic mass is 15.2. The third kappa shape index (κ3) is 2.26. The van der Waals surface area contributed by atoms with Gasteiger partial charge in [-0.25, -0.2) is 0 Å². The van der Waals surface area contributed by atoms with Gasteiger partial charge in [-0.2, -0.15) is 0 Å². The number of piperidine rings is 2. The van der Waals surface area contributed by atoms with Gasteiger partial charge in [-0.15, -0.1) is 12.3 Å². The maximum atomic E-state index is 6.14. The lowest BCUT2D eigenvalue weighted by Gasteiger charge is -2.51. The molecule has 2 bridgehead atoms. The molecule has 2 rings (SSSR count). The van der Waals surface area contributed by atoms with Gasteiger partial charge in [0.2, 0.25) is 0 Å². The molecular formula is C14H24N2. The molecule has 16 heavy (non-hydrogen) atoms. The van der Waals surface area contributed by atoms with E-state index in [4.69, 9.17) is 12.2 Å². The Hall–Kier alpha value is -0.520. The van der Waals surface area contributed by atoms with Gasteiger partial charge < -0.3 is 5.73 Å². The number of nitrogens with two attached hydrogens (primary N) is 1. The predicted octanol–water partition coefficient (Wildman–Crippen LogP) is 2.13. The molecule has 2 aliphatic heterocycles. The molecular weight excluding hydrogens is 196 g/mol. The SMILES string of the molecule is C#CCC(CC)N1C2CCCC1CC(N)C2. The van der Waals surface area contributed by atoms with Crippen molar-refractivity contribution in [3.63, 3.8) is 0 Å². The van der Waals surface area contributed by atoms with Crippen LogP contribution in [-0.2, 0) is 0 Å². The zero-order chi connectivity index (χ0) is 11.5. The molecule has 0 saturated carbocycles. The molecule has 2 N–H and O–H groups in total. The van der Waals surface area contributed by atoms with Crippen LogP contribution in [0.5, 0.6) is 0 Å². The molecule has 0 aromatic heterocycles. The summed E-state index contributed by atoms with van der Waals surface area (Å²) in [5, 5.41) is 0. The standard InChI is InChI=1S/C14H24N2/c1-3-6-12(4-2)16-13-7-5-8-14(16)10-11(15)9-13/h1,11-14H,4-10,15H2,2H3. The summed E-state index contributed by atoms with van der Waals surface area (Å²) in [6.45, 7) is 2.26. The Morgan fingerprint density at radius 2 is 2.00 bits per heavy atom. The van der Waals surface area contributed by atoms with Crippen molar-refractivity contribution in [2.75, 3.05) is 0 Å². The van der Waals surface area contributed by atoms with Crippen LogP contribution >= 0.6 is 0 Å². The Labute approximate surface area is 99.6 Å². The van der Waals surface area contributed by atoms with Gasteiger partial charge in [0.25, 0.3) is 0 Å². The molecule has 2 heterocycles. The zero-order valence-electron chi connectivity index (χ0n) is 10.4. The van der Waals surface area contributed by atoms with Crippen LogP contribution in [0.15, 0.2) is 0 Å². The molecule has 0 aliphatic carbocycles.